The van der Waals surface area contributed by atoms with E-state index in [1.807, 2.05) is 0 Å². The summed E-state index contributed by atoms with van der Waals surface area (Å²) in [5, 5.41) is 0. The van der Waals surface area contributed by atoms with Crippen LogP contribution >= 0.6 is 0 Å². The van der Waals surface area contributed by atoms with E-state index in [1.54, 1.807) is 32.4 Å². The van der Waals surface area contributed by atoms with E-state index in [4.69, 9.17) is 16.9 Å². The minimum atomic E-state index is -0.196. The third-order valence-corrected chi connectivity index (χ3v) is 2.16. The Kier molecular flexibility index (Phi) is 3.78. The SMILES string of the molecule is C#CCN(C)C(=O)c1ccc(OC)cc1N. The zero-order valence-electron chi connectivity index (χ0n) is 9.36. The van der Waals surface area contributed by atoms with Gasteiger partial charge in [0.15, 0.2) is 0 Å². The van der Waals surface area contributed by atoms with E-state index < -0.39 is 0 Å². The maximum atomic E-state index is 11.9. The largest absolute Gasteiger partial charge is 0.497 e. The molecule has 0 saturated heterocycles. The normalized spacial score (nSPS) is 9.31. The molecule has 16 heavy (non-hydrogen) atoms. The van der Waals surface area contributed by atoms with Crippen molar-refractivity contribution in [2.24, 2.45) is 0 Å². The predicted molar refractivity (Wildman–Crippen MR) is 63.2 cm³/mol. The maximum absolute atomic E-state index is 11.9. The lowest BCUT2D eigenvalue weighted by molar-refractivity contribution is 0.0813. The van der Waals surface area contributed by atoms with E-state index in [9.17, 15) is 4.79 Å². The fourth-order valence-electron chi connectivity index (χ4n) is 1.28. The summed E-state index contributed by atoms with van der Waals surface area (Å²) < 4.78 is 5.00. The van der Waals surface area contributed by atoms with Gasteiger partial charge in [0, 0.05) is 18.8 Å². The average Bonchev–Trinajstić information content (AvgIpc) is 2.28. The fraction of sp³-hybridized carbons (Fsp3) is 0.250. The minimum absolute atomic E-state index is 0.196. The first-order chi connectivity index (χ1) is 7.60. The molecule has 4 nitrogen and oxygen atoms in total. The molecule has 0 bridgehead atoms. The van der Waals surface area contributed by atoms with Crippen molar-refractivity contribution in [2.75, 3.05) is 26.4 Å². The first-order valence-corrected chi connectivity index (χ1v) is 4.72. The summed E-state index contributed by atoms with van der Waals surface area (Å²) in [5.41, 5.74) is 6.56. The van der Waals surface area contributed by atoms with Crippen LogP contribution in [0.1, 0.15) is 10.4 Å². The van der Waals surface area contributed by atoms with Gasteiger partial charge in [-0.3, -0.25) is 4.79 Å². The molecule has 0 aromatic heterocycles. The summed E-state index contributed by atoms with van der Waals surface area (Å²) in [4.78, 5) is 13.3. The van der Waals surface area contributed by atoms with Crippen molar-refractivity contribution in [3.8, 4) is 18.1 Å². The predicted octanol–water partition coefficient (Wildman–Crippen LogP) is 0.983. The van der Waals surface area contributed by atoms with Crippen molar-refractivity contribution >= 4 is 11.6 Å². The summed E-state index contributed by atoms with van der Waals surface area (Å²) in [6, 6.07) is 4.92. The Hall–Kier alpha value is -2.15. The molecule has 84 valence electrons. The van der Waals surface area contributed by atoms with Crippen molar-refractivity contribution < 1.29 is 9.53 Å². The van der Waals surface area contributed by atoms with Crippen molar-refractivity contribution in [3.05, 3.63) is 23.8 Å². The van der Waals surface area contributed by atoms with E-state index in [0.29, 0.717) is 17.0 Å². The Morgan fingerprint density at radius 1 is 1.62 bits per heavy atom. The molecule has 0 atom stereocenters. The van der Waals surface area contributed by atoms with Gasteiger partial charge in [-0.25, -0.2) is 0 Å². The number of nitrogens with zero attached hydrogens (tertiary/aromatic N) is 1. The number of carbonyl (C=O) groups excluding carboxylic acids is 1. The monoisotopic (exact) mass is 218 g/mol. The summed E-state index contributed by atoms with van der Waals surface area (Å²) >= 11 is 0. The van der Waals surface area contributed by atoms with Crippen LogP contribution in [0.5, 0.6) is 5.75 Å². The minimum Gasteiger partial charge on any atom is -0.497 e. The molecule has 0 aliphatic heterocycles. The van der Waals surface area contributed by atoms with E-state index in [2.05, 4.69) is 5.92 Å². The van der Waals surface area contributed by atoms with Crippen molar-refractivity contribution in [1.29, 1.82) is 0 Å². The lowest BCUT2D eigenvalue weighted by atomic mass is 10.1. The van der Waals surface area contributed by atoms with Gasteiger partial charge < -0.3 is 15.4 Å². The highest BCUT2D eigenvalue weighted by molar-refractivity contribution is 5.99. The quantitative estimate of drug-likeness (QED) is 0.608. The van der Waals surface area contributed by atoms with Crippen LogP contribution in [0.3, 0.4) is 0 Å². The summed E-state index contributed by atoms with van der Waals surface area (Å²) in [6.07, 6.45) is 5.13. The second kappa shape index (κ2) is 5.08. The third-order valence-electron chi connectivity index (χ3n) is 2.16. The van der Waals surface area contributed by atoms with Gasteiger partial charge in [0.2, 0.25) is 0 Å². The number of methoxy groups -OCH3 is 1. The third kappa shape index (κ3) is 2.45. The first kappa shape index (κ1) is 11.9. The number of ether oxygens (including phenoxy) is 1. The van der Waals surface area contributed by atoms with Crippen molar-refractivity contribution in [2.45, 2.75) is 0 Å². The van der Waals surface area contributed by atoms with E-state index >= 15 is 0 Å². The van der Waals surface area contributed by atoms with Gasteiger partial charge in [-0.05, 0) is 12.1 Å². The zero-order valence-corrected chi connectivity index (χ0v) is 9.36. The smallest absolute Gasteiger partial charge is 0.256 e. The summed E-state index contributed by atoms with van der Waals surface area (Å²) in [6.45, 7) is 0.254. The number of nitrogen functional groups attached to an aromatic ring is 1. The van der Waals surface area contributed by atoms with Gasteiger partial charge in [0.05, 0.1) is 19.2 Å². The molecule has 1 amide bonds. The first-order valence-electron chi connectivity index (χ1n) is 4.72. The molecule has 4 heteroatoms. The number of benzene rings is 1. The van der Waals surface area contributed by atoms with Crippen molar-refractivity contribution in [1.82, 2.24) is 4.90 Å². The van der Waals surface area contributed by atoms with Gasteiger partial charge >= 0.3 is 0 Å². The molecule has 0 heterocycles. The van der Waals surface area contributed by atoms with Gasteiger partial charge in [-0.2, -0.15) is 0 Å². The molecule has 1 aromatic carbocycles. The topological polar surface area (TPSA) is 55.6 Å². The van der Waals surface area contributed by atoms with Crippen LogP contribution in [-0.4, -0.2) is 31.5 Å². The van der Waals surface area contributed by atoms with E-state index in [1.165, 1.54) is 4.90 Å². The second-order valence-corrected chi connectivity index (χ2v) is 3.32. The molecular formula is C12H14N2O2. The molecule has 0 aliphatic rings. The van der Waals surface area contributed by atoms with Crippen LogP contribution < -0.4 is 10.5 Å². The molecular weight excluding hydrogens is 204 g/mol. The number of hydrogen-bond acceptors (Lipinski definition) is 3. The summed E-state index contributed by atoms with van der Waals surface area (Å²) in [5.74, 6) is 2.82. The number of terminal acetylenes is 1. The van der Waals surface area contributed by atoms with E-state index in [-0.39, 0.29) is 12.5 Å². The number of amides is 1. The Morgan fingerprint density at radius 2 is 2.31 bits per heavy atom. The van der Waals surface area contributed by atoms with Crippen LogP contribution in [-0.2, 0) is 0 Å². The Bertz CT molecular complexity index is 435. The number of anilines is 1. The molecule has 0 spiro atoms. The lowest BCUT2D eigenvalue weighted by Gasteiger charge is -2.15. The van der Waals surface area contributed by atoms with Crippen molar-refractivity contribution in [3.63, 3.8) is 0 Å². The van der Waals surface area contributed by atoms with E-state index in [0.717, 1.165) is 0 Å². The van der Waals surface area contributed by atoms with Crippen LogP contribution in [0.2, 0.25) is 0 Å². The Balaban J connectivity index is 2.97. The van der Waals surface area contributed by atoms with Crippen LogP contribution in [0.25, 0.3) is 0 Å². The highest BCUT2D eigenvalue weighted by Gasteiger charge is 2.14. The van der Waals surface area contributed by atoms with Crippen LogP contribution in [0, 0.1) is 12.3 Å². The molecule has 1 rings (SSSR count). The van der Waals surface area contributed by atoms with Crippen LogP contribution in [0.15, 0.2) is 18.2 Å². The molecule has 0 saturated carbocycles. The van der Waals surface area contributed by atoms with Crippen LogP contribution in [0.4, 0.5) is 5.69 Å². The fourth-order valence-corrected chi connectivity index (χ4v) is 1.28. The van der Waals surface area contributed by atoms with Gasteiger partial charge in [0.25, 0.3) is 5.91 Å². The molecule has 0 aliphatic carbocycles. The Morgan fingerprint density at radius 3 is 2.81 bits per heavy atom. The van der Waals surface area contributed by atoms with Gasteiger partial charge in [0.1, 0.15) is 5.75 Å². The number of rotatable bonds is 3. The highest BCUT2D eigenvalue weighted by atomic mass is 16.5. The molecule has 1 aromatic rings. The van der Waals surface area contributed by atoms with Gasteiger partial charge in [-0.1, -0.05) is 5.92 Å². The average molecular weight is 218 g/mol. The second-order valence-electron chi connectivity index (χ2n) is 3.32. The Labute approximate surface area is 95.0 Å². The highest BCUT2D eigenvalue weighted by Crippen LogP contribution is 2.20. The summed E-state index contributed by atoms with van der Waals surface area (Å²) in [7, 11) is 3.17. The number of nitrogens with two attached hydrogens (primary N) is 1. The molecule has 0 radical (unpaired) electrons. The molecule has 0 fully saturated rings. The maximum Gasteiger partial charge on any atom is 0.256 e. The lowest BCUT2D eigenvalue weighted by Crippen LogP contribution is -2.27. The molecule has 2 N–H and O–H groups in total. The van der Waals surface area contributed by atoms with Gasteiger partial charge in [-0.15, -0.1) is 6.42 Å². The molecule has 0 unspecified atom stereocenters. The standard InChI is InChI=1S/C12H14N2O2/c1-4-7-14(2)12(15)10-6-5-9(16-3)8-11(10)13/h1,5-6,8H,7,13H2,2-3H3. The number of carbonyl (C=O) groups is 1. The number of hydrogen-bond donors (Lipinski definition) is 1. The zero-order chi connectivity index (χ0) is 12.1.